The molecular weight excluding hydrogens is 272 g/mol. The third-order valence-corrected chi connectivity index (χ3v) is 2.34. The highest BCUT2D eigenvalue weighted by atomic mass is 16.6. The van der Waals surface area contributed by atoms with Crippen LogP contribution in [0, 0.1) is 20.2 Å². The van der Waals surface area contributed by atoms with E-state index in [1.54, 1.807) is 0 Å². The standard InChI is InChI=1S/C10H12N4O6/c1-6(15)12(7(2)16)11-9-4-3-8(13(17)18)5-10(9)14(19)20/h3-6,11,15H,1-2H3. The van der Waals surface area contributed by atoms with Crippen LogP contribution in [0.5, 0.6) is 0 Å². The first-order valence-corrected chi connectivity index (χ1v) is 5.41. The zero-order valence-electron chi connectivity index (χ0n) is 10.6. The summed E-state index contributed by atoms with van der Waals surface area (Å²) < 4.78 is 0. The minimum atomic E-state index is -1.23. The lowest BCUT2D eigenvalue weighted by molar-refractivity contribution is -0.393. The molecule has 10 heteroatoms. The number of amides is 1. The lowest BCUT2D eigenvalue weighted by Gasteiger charge is -2.25. The van der Waals surface area contributed by atoms with Crippen molar-refractivity contribution >= 4 is 23.0 Å². The Labute approximate surface area is 112 Å². The molecule has 1 unspecified atom stereocenters. The van der Waals surface area contributed by atoms with Crippen LogP contribution in [0.15, 0.2) is 18.2 Å². The number of non-ortho nitro benzene ring substituents is 1. The quantitative estimate of drug-likeness (QED) is 0.467. The van der Waals surface area contributed by atoms with Gasteiger partial charge in [-0.05, 0) is 13.0 Å². The average molecular weight is 284 g/mol. The Bertz CT molecular complexity index is 559. The first kappa shape index (κ1) is 15.3. The van der Waals surface area contributed by atoms with Gasteiger partial charge < -0.3 is 5.11 Å². The van der Waals surface area contributed by atoms with Crippen molar-refractivity contribution in [1.82, 2.24) is 5.01 Å². The van der Waals surface area contributed by atoms with Crippen molar-refractivity contribution in [2.24, 2.45) is 0 Å². The fraction of sp³-hybridized carbons (Fsp3) is 0.300. The highest BCUT2D eigenvalue weighted by molar-refractivity contribution is 5.76. The highest BCUT2D eigenvalue weighted by Gasteiger charge is 2.23. The number of aliphatic hydroxyl groups is 1. The number of benzene rings is 1. The van der Waals surface area contributed by atoms with Gasteiger partial charge in [0.05, 0.1) is 15.9 Å². The van der Waals surface area contributed by atoms with E-state index in [-0.39, 0.29) is 5.69 Å². The van der Waals surface area contributed by atoms with Gasteiger partial charge in [0.15, 0.2) is 0 Å². The minimum Gasteiger partial charge on any atom is -0.372 e. The summed E-state index contributed by atoms with van der Waals surface area (Å²) in [5, 5.41) is 31.6. The molecule has 0 aliphatic carbocycles. The number of nitrogens with zero attached hydrogens (tertiary/aromatic N) is 3. The minimum absolute atomic E-state index is 0.142. The van der Waals surface area contributed by atoms with E-state index >= 15 is 0 Å². The van der Waals surface area contributed by atoms with E-state index in [1.165, 1.54) is 6.92 Å². The monoisotopic (exact) mass is 284 g/mol. The van der Waals surface area contributed by atoms with Gasteiger partial charge in [0.25, 0.3) is 5.69 Å². The summed E-state index contributed by atoms with van der Waals surface area (Å²) in [5.74, 6) is -0.576. The van der Waals surface area contributed by atoms with E-state index in [0.717, 1.165) is 30.1 Å². The molecule has 2 N–H and O–H groups in total. The van der Waals surface area contributed by atoms with Crippen molar-refractivity contribution < 1.29 is 19.7 Å². The first-order valence-electron chi connectivity index (χ1n) is 5.41. The number of hydrazine groups is 1. The van der Waals surface area contributed by atoms with Crippen LogP contribution in [0.4, 0.5) is 17.1 Å². The summed E-state index contributed by atoms with van der Waals surface area (Å²) >= 11 is 0. The second-order valence-electron chi connectivity index (χ2n) is 3.85. The van der Waals surface area contributed by atoms with E-state index < -0.39 is 33.4 Å². The van der Waals surface area contributed by atoms with E-state index in [1.807, 2.05) is 0 Å². The van der Waals surface area contributed by atoms with Crippen LogP contribution in [-0.2, 0) is 4.79 Å². The molecule has 0 saturated heterocycles. The number of carbonyl (C=O) groups is 1. The summed E-state index contributed by atoms with van der Waals surface area (Å²) in [6, 6.07) is 2.91. The van der Waals surface area contributed by atoms with Crippen molar-refractivity contribution in [3.05, 3.63) is 38.4 Å². The van der Waals surface area contributed by atoms with E-state index in [9.17, 15) is 30.1 Å². The molecule has 1 amide bonds. The zero-order chi connectivity index (χ0) is 15.4. The first-order chi connectivity index (χ1) is 9.23. The highest BCUT2D eigenvalue weighted by Crippen LogP contribution is 2.29. The Kier molecular flexibility index (Phi) is 4.54. The number of aliphatic hydroxyl groups excluding tert-OH is 1. The summed E-state index contributed by atoms with van der Waals surface area (Å²) in [5.41, 5.74) is 1.19. The fourth-order valence-electron chi connectivity index (χ4n) is 1.44. The third-order valence-electron chi connectivity index (χ3n) is 2.34. The molecule has 1 aromatic rings. The number of nitro groups is 2. The summed E-state index contributed by atoms with van der Waals surface area (Å²) in [6.07, 6.45) is -1.23. The Morgan fingerprint density at radius 1 is 1.35 bits per heavy atom. The van der Waals surface area contributed by atoms with Gasteiger partial charge in [-0.15, -0.1) is 0 Å². The Morgan fingerprint density at radius 2 is 1.95 bits per heavy atom. The van der Waals surface area contributed by atoms with Gasteiger partial charge in [0.2, 0.25) is 5.91 Å². The van der Waals surface area contributed by atoms with Crippen molar-refractivity contribution in [2.45, 2.75) is 20.1 Å². The molecule has 1 atom stereocenters. The molecule has 0 bridgehead atoms. The molecule has 108 valence electrons. The number of carbonyl (C=O) groups excluding carboxylic acids is 1. The van der Waals surface area contributed by atoms with Crippen molar-refractivity contribution in [1.29, 1.82) is 0 Å². The Balaban J connectivity index is 3.20. The molecule has 0 aliphatic rings. The number of hydrogen-bond acceptors (Lipinski definition) is 7. The summed E-state index contributed by atoms with van der Waals surface area (Å²) in [7, 11) is 0. The van der Waals surface area contributed by atoms with Crippen LogP contribution >= 0.6 is 0 Å². The fourth-order valence-corrected chi connectivity index (χ4v) is 1.44. The van der Waals surface area contributed by atoms with Gasteiger partial charge in [-0.3, -0.25) is 30.4 Å². The molecule has 0 aliphatic heterocycles. The summed E-state index contributed by atoms with van der Waals surface area (Å²) in [4.78, 5) is 31.2. The van der Waals surface area contributed by atoms with Crippen LogP contribution in [-0.4, -0.2) is 32.1 Å². The van der Waals surface area contributed by atoms with Gasteiger partial charge in [0, 0.05) is 13.0 Å². The lowest BCUT2D eigenvalue weighted by atomic mass is 10.2. The maximum absolute atomic E-state index is 11.3. The van der Waals surface area contributed by atoms with Gasteiger partial charge in [0.1, 0.15) is 11.9 Å². The Morgan fingerprint density at radius 3 is 2.35 bits per heavy atom. The van der Waals surface area contributed by atoms with Crippen LogP contribution in [0.2, 0.25) is 0 Å². The number of rotatable bonds is 5. The van der Waals surface area contributed by atoms with Crippen molar-refractivity contribution in [3.8, 4) is 0 Å². The van der Waals surface area contributed by atoms with Gasteiger partial charge in [-0.25, -0.2) is 5.01 Å². The number of hydrogen-bond donors (Lipinski definition) is 2. The van der Waals surface area contributed by atoms with Crippen LogP contribution in [0.3, 0.4) is 0 Å². The molecule has 0 aromatic heterocycles. The third kappa shape index (κ3) is 3.38. The van der Waals surface area contributed by atoms with Crippen LogP contribution < -0.4 is 5.43 Å². The molecule has 0 heterocycles. The molecule has 0 fully saturated rings. The molecule has 1 aromatic carbocycles. The smallest absolute Gasteiger partial charge is 0.300 e. The lowest BCUT2D eigenvalue weighted by Crippen LogP contribution is -2.41. The van der Waals surface area contributed by atoms with Gasteiger partial charge >= 0.3 is 5.69 Å². The largest absolute Gasteiger partial charge is 0.372 e. The maximum Gasteiger partial charge on any atom is 0.300 e. The molecule has 1 rings (SSSR count). The predicted octanol–water partition coefficient (Wildman–Crippen LogP) is 1.02. The number of nitrogens with one attached hydrogen (secondary N) is 1. The average Bonchev–Trinajstić information content (AvgIpc) is 2.34. The van der Waals surface area contributed by atoms with Crippen molar-refractivity contribution in [2.75, 3.05) is 5.43 Å². The van der Waals surface area contributed by atoms with Crippen molar-refractivity contribution in [3.63, 3.8) is 0 Å². The van der Waals surface area contributed by atoms with Gasteiger partial charge in [-0.2, -0.15) is 0 Å². The second kappa shape index (κ2) is 5.93. The number of nitro benzene ring substituents is 2. The molecule has 20 heavy (non-hydrogen) atoms. The maximum atomic E-state index is 11.3. The van der Waals surface area contributed by atoms with Crippen LogP contribution in [0.25, 0.3) is 0 Å². The normalized spacial score (nSPS) is 11.6. The van der Waals surface area contributed by atoms with E-state index in [2.05, 4.69) is 5.43 Å². The molecule has 0 spiro atoms. The molecular formula is C10H12N4O6. The zero-order valence-corrected chi connectivity index (χ0v) is 10.6. The molecule has 0 radical (unpaired) electrons. The van der Waals surface area contributed by atoms with E-state index in [4.69, 9.17) is 0 Å². The number of anilines is 1. The van der Waals surface area contributed by atoms with Gasteiger partial charge in [-0.1, -0.05) is 0 Å². The van der Waals surface area contributed by atoms with Crippen LogP contribution in [0.1, 0.15) is 13.8 Å². The topological polar surface area (TPSA) is 139 Å². The second-order valence-corrected chi connectivity index (χ2v) is 3.85. The van der Waals surface area contributed by atoms with E-state index in [0.29, 0.717) is 0 Å². The Hall–Kier alpha value is -2.75. The SMILES string of the molecule is CC(=O)N(Nc1ccc([N+](=O)[O-])cc1[N+](=O)[O-])C(C)O. The summed E-state index contributed by atoms with van der Waals surface area (Å²) in [6.45, 7) is 2.43. The molecule has 10 nitrogen and oxygen atoms in total. The molecule has 0 saturated carbocycles. The predicted molar refractivity (Wildman–Crippen MR) is 67.6 cm³/mol.